The van der Waals surface area contributed by atoms with Crippen LogP contribution in [-0.4, -0.2) is 34.2 Å². The lowest BCUT2D eigenvalue weighted by Gasteiger charge is -2.45. The monoisotopic (exact) mass is 307 g/mol. The summed E-state index contributed by atoms with van der Waals surface area (Å²) in [5, 5.41) is 9.86. The topological polar surface area (TPSA) is 40.5 Å². The Morgan fingerprint density at radius 3 is 2.73 bits per heavy atom. The van der Waals surface area contributed by atoms with E-state index in [2.05, 4.69) is 6.92 Å². The number of alkyl halides is 1. The van der Waals surface area contributed by atoms with E-state index in [-0.39, 0.29) is 11.8 Å². The van der Waals surface area contributed by atoms with Crippen molar-refractivity contribution in [1.82, 2.24) is 4.90 Å². The third-order valence-corrected chi connectivity index (χ3v) is 5.72. The number of allylic oxidation sites excluding steroid dienone is 2. The van der Waals surface area contributed by atoms with Gasteiger partial charge in [-0.25, -0.2) is 4.39 Å². The predicted octanol–water partition coefficient (Wildman–Crippen LogP) is 3.77. The maximum Gasteiger partial charge on any atom is 0.261 e. The van der Waals surface area contributed by atoms with E-state index < -0.39 is 17.5 Å². The van der Waals surface area contributed by atoms with E-state index in [0.717, 1.165) is 18.8 Å². The molecule has 1 amide bonds. The number of carbonyl (C=O) groups is 1. The Balaban J connectivity index is 1.80. The van der Waals surface area contributed by atoms with Gasteiger partial charge in [0.2, 0.25) is 0 Å². The number of aliphatic hydroxyl groups is 1. The number of halogens is 1. The number of amides is 1. The molecule has 1 saturated heterocycles. The molecule has 0 aromatic heterocycles. The predicted molar refractivity (Wildman–Crippen MR) is 84.1 cm³/mol. The second kappa shape index (κ2) is 5.71. The van der Waals surface area contributed by atoms with Gasteiger partial charge in [-0.3, -0.25) is 4.79 Å². The summed E-state index contributed by atoms with van der Waals surface area (Å²) in [6.45, 7) is 4.27. The summed E-state index contributed by atoms with van der Waals surface area (Å²) < 4.78 is 15.0. The minimum Gasteiger partial charge on any atom is -0.508 e. The van der Waals surface area contributed by atoms with Crippen molar-refractivity contribution in [2.75, 3.05) is 6.54 Å². The molecule has 3 atom stereocenters. The highest BCUT2D eigenvalue weighted by Crippen LogP contribution is 2.40. The molecular formula is C18H26FNO2. The van der Waals surface area contributed by atoms with Crippen molar-refractivity contribution < 1.29 is 14.3 Å². The van der Waals surface area contributed by atoms with Crippen LogP contribution in [0.5, 0.6) is 0 Å². The van der Waals surface area contributed by atoms with Crippen LogP contribution in [0.2, 0.25) is 0 Å². The zero-order chi connectivity index (χ0) is 15.9. The van der Waals surface area contributed by atoms with Crippen LogP contribution in [0.15, 0.2) is 24.0 Å². The minimum absolute atomic E-state index is 0.139. The summed E-state index contributed by atoms with van der Waals surface area (Å²) in [6, 6.07) is -0.185. The molecule has 0 spiro atoms. The van der Waals surface area contributed by atoms with Gasteiger partial charge in [0.15, 0.2) is 5.67 Å². The Hall–Kier alpha value is -1.32. The van der Waals surface area contributed by atoms with Crippen molar-refractivity contribution in [3.05, 3.63) is 24.0 Å². The third kappa shape index (κ3) is 2.80. The smallest absolute Gasteiger partial charge is 0.261 e. The lowest BCUT2D eigenvalue weighted by atomic mass is 9.78. The Kier molecular flexibility index (Phi) is 4.04. The fourth-order valence-electron chi connectivity index (χ4n) is 4.09. The molecule has 3 rings (SSSR count). The van der Waals surface area contributed by atoms with Crippen LogP contribution in [0.3, 0.4) is 0 Å². The molecule has 2 aliphatic carbocycles. The van der Waals surface area contributed by atoms with Gasteiger partial charge in [0.25, 0.3) is 5.91 Å². The van der Waals surface area contributed by atoms with Crippen molar-refractivity contribution >= 4 is 5.91 Å². The number of piperidine rings is 1. The SMILES string of the molecule is CC1CCC(CN2C(=O)C(C)(F)C3C=CC(O)=CC2C3)CC1. The van der Waals surface area contributed by atoms with E-state index >= 15 is 0 Å². The number of carbonyl (C=O) groups excluding carboxylic acids is 1. The molecule has 0 radical (unpaired) electrons. The van der Waals surface area contributed by atoms with E-state index in [1.165, 1.54) is 25.8 Å². The van der Waals surface area contributed by atoms with E-state index in [0.29, 0.717) is 18.9 Å². The van der Waals surface area contributed by atoms with Crippen LogP contribution in [0.1, 0.15) is 46.0 Å². The number of hydrogen-bond acceptors (Lipinski definition) is 2. The zero-order valence-corrected chi connectivity index (χ0v) is 13.5. The fraction of sp³-hybridized carbons (Fsp3) is 0.722. The van der Waals surface area contributed by atoms with Gasteiger partial charge in [0.05, 0.1) is 6.04 Å². The molecule has 2 fully saturated rings. The Morgan fingerprint density at radius 2 is 2.05 bits per heavy atom. The molecule has 122 valence electrons. The number of likely N-dealkylation sites (tertiary alicyclic amines) is 1. The minimum atomic E-state index is -1.87. The molecule has 3 aliphatic rings. The molecule has 1 heterocycles. The quantitative estimate of drug-likeness (QED) is 0.843. The maximum absolute atomic E-state index is 15.0. The summed E-state index contributed by atoms with van der Waals surface area (Å²) in [5.41, 5.74) is -1.87. The molecule has 3 nitrogen and oxygen atoms in total. The molecule has 0 aromatic rings. The van der Waals surface area contributed by atoms with Gasteiger partial charge in [-0.2, -0.15) is 0 Å². The van der Waals surface area contributed by atoms with E-state index in [1.807, 2.05) is 0 Å². The number of nitrogens with zero attached hydrogens (tertiary/aromatic N) is 1. The van der Waals surface area contributed by atoms with Crippen molar-refractivity contribution in [2.45, 2.75) is 57.7 Å². The van der Waals surface area contributed by atoms with Gasteiger partial charge >= 0.3 is 0 Å². The largest absolute Gasteiger partial charge is 0.508 e. The summed E-state index contributed by atoms with van der Waals surface area (Å²) in [7, 11) is 0. The van der Waals surface area contributed by atoms with Gasteiger partial charge in [-0.05, 0) is 50.2 Å². The van der Waals surface area contributed by atoms with Gasteiger partial charge in [0, 0.05) is 12.5 Å². The van der Waals surface area contributed by atoms with E-state index in [4.69, 9.17) is 0 Å². The van der Waals surface area contributed by atoms with Gasteiger partial charge in [0.1, 0.15) is 5.76 Å². The van der Waals surface area contributed by atoms with Gasteiger partial charge < -0.3 is 10.0 Å². The average Bonchev–Trinajstić information content (AvgIpc) is 2.66. The first-order valence-electron chi connectivity index (χ1n) is 8.47. The summed E-state index contributed by atoms with van der Waals surface area (Å²) in [4.78, 5) is 14.3. The number of fused-ring (bicyclic) bond motifs is 2. The summed E-state index contributed by atoms with van der Waals surface area (Å²) in [5.74, 6) is 0.492. The first-order valence-corrected chi connectivity index (χ1v) is 8.47. The lowest BCUT2D eigenvalue weighted by Crippen LogP contribution is -2.58. The zero-order valence-electron chi connectivity index (χ0n) is 13.5. The van der Waals surface area contributed by atoms with E-state index in [1.54, 1.807) is 17.1 Å². The molecular weight excluding hydrogens is 281 g/mol. The summed E-state index contributed by atoms with van der Waals surface area (Å²) >= 11 is 0. The summed E-state index contributed by atoms with van der Waals surface area (Å²) in [6.07, 6.45) is 10.0. The molecule has 1 aliphatic heterocycles. The maximum atomic E-state index is 15.0. The highest BCUT2D eigenvalue weighted by molar-refractivity contribution is 5.87. The Labute approximate surface area is 131 Å². The van der Waals surface area contributed by atoms with Crippen molar-refractivity contribution in [3.8, 4) is 0 Å². The average molecular weight is 307 g/mol. The number of rotatable bonds is 2. The van der Waals surface area contributed by atoms with Crippen molar-refractivity contribution in [2.24, 2.45) is 17.8 Å². The van der Waals surface area contributed by atoms with Crippen LogP contribution in [0.25, 0.3) is 0 Å². The molecule has 1 N–H and O–H groups in total. The molecule has 4 heteroatoms. The van der Waals surface area contributed by atoms with Crippen LogP contribution in [0.4, 0.5) is 4.39 Å². The second-order valence-corrected chi connectivity index (χ2v) is 7.52. The van der Waals surface area contributed by atoms with E-state index in [9.17, 15) is 14.3 Å². The number of aliphatic hydroxyl groups excluding tert-OH is 1. The van der Waals surface area contributed by atoms with Crippen LogP contribution in [0, 0.1) is 17.8 Å². The fourth-order valence-corrected chi connectivity index (χ4v) is 4.09. The standard InChI is InChI=1S/C18H26FNO2/c1-12-3-5-13(6-4-12)11-20-15-9-14(7-8-16(21)10-15)18(2,19)17(20)22/h7-8,10,12-15,21H,3-6,9,11H2,1-2H3. The Bertz CT molecular complexity index is 503. The highest BCUT2D eigenvalue weighted by atomic mass is 19.1. The first kappa shape index (κ1) is 15.6. The molecule has 1 saturated carbocycles. The van der Waals surface area contributed by atoms with Crippen molar-refractivity contribution in [1.29, 1.82) is 0 Å². The Morgan fingerprint density at radius 1 is 1.36 bits per heavy atom. The molecule has 22 heavy (non-hydrogen) atoms. The van der Waals surface area contributed by atoms with Gasteiger partial charge in [-0.1, -0.05) is 25.8 Å². The normalized spacial score (nSPS) is 42.0. The van der Waals surface area contributed by atoms with Crippen LogP contribution in [-0.2, 0) is 4.79 Å². The second-order valence-electron chi connectivity index (χ2n) is 7.52. The van der Waals surface area contributed by atoms with Gasteiger partial charge in [-0.15, -0.1) is 0 Å². The number of hydrogen-bond donors (Lipinski definition) is 1. The van der Waals surface area contributed by atoms with Crippen LogP contribution >= 0.6 is 0 Å². The molecule has 0 aromatic carbocycles. The lowest BCUT2D eigenvalue weighted by molar-refractivity contribution is -0.154. The molecule has 3 unspecified atom stereocenters. The molecule has 2 bridgehead atoms. The van der Waals surface area contributed by atoms with Crippen molar-refractivity contribution in [3.63, 3.8) is 0 Å². The third-order valence-electron chi connectivity index (χ3n) is 5.72. The highest BCUT2D eigenvalue weighted by Gasteiger charge is 2.50. The first-order chi connectivity index (χ1) is 10.4. The van der Waals surface area contributed by atoms with Crippen LogP contribution < -0.4 is 0 Å².